The van der Waals surface area contributed by atoms with E-state index in [1.54, 1.807) is 0 Å². The lowest BCUT2D eigenvalue weighted by atomic mass is 10.5. The number of terminal acetylenes is 1. The van der Waals surface area contributed by atoms with Crippen molar-refractivity contribution >= 4 is 6.29 Å². The van der Waals surface area contributed by atoms with Gasteiger partial charge in [-0.2, -0.15) is 0 Å². The highest BCUT2D eigenvalue weighted by atomic mass is 16.6. The molecule has 104 valence electrons. The first-order valence-electron chi connectivity index (χ1n) is 6.10. The highest BCUT2D eigenvalue weighted by Gasteiger charge is 1.92. The van der Waals surface area contributed by atoms with Crippen LogP contribution in [-0.4, -0.2) is 59.1 Å². The van der Waals surface area contributed by atoms with Crippen molar-refractivity contribution in [3.05, 3.63) is 0 Å². The summed E-state index contributed by atoms with van der Waals surface area (Å²) in [6, 6.07) is 0. The maximum Gasteiger partial charge on any atom is 0.122 e. The van der Waals surface area contributed by atoms with E-state index in [0.29, 0.717) is 65.7 Å². The van der Waals surface area contributed by atoms with E-state index in [0.717, 1.165) is 6.29 Å². The molecule has 0 rings (SSSR count). The molecule has 0 saturated heterocycles. The molecule has 0 saturated carbocycles. The second-order valence-electron chi connectivity index (χ2n) is 3.36. The number of hydrogen-bond donors (Lipinski definition) is 0. The summed E-state index contributed by atoms with van der Waals surface area (Å²) >= 11 is 0. The normalized spacial score (nSPS) is 10.2. The van der Waals surface area contributed by atoms with E-state index < -0.39 is 0 Å². The molecule has 0 aliphatic carbocycles. The van der Waals surface area contributed by atoms with Crippen LogP contribution >= 0.6 is 0 Å². The van der Waals surface area contributed by atoms with Crippen LogP contribution in [0.5, 0.6) is 0 Å². The van der Waals surface area contributed by atoms with Crippen molar-refractivity contribution < 1.29 is 23.7 Å². The average Bonchev–Trinajstić information content (AvgIpc) is 2.39. The van der Waals surface area contributed by atoms with Gasteiger partial charge in [0.25, 0.3) is 0 Å². The molecular weight excluding hydrogens is 236 g/mol. The van der Waals surface area contributed by atoms with Crippen LogP contribution in [0.15, 0.2) is 0 Å². The Balaban J connectivity index is 2.90. The fourth-order valence-electron chi connectivity index (χ4n) is 1.02. The van der Waals surface area contributed by atoms with E-state index in [-0.39, 0.29) is 0 Å². The van der Waals surface area contributed by atoms with E-state index in [1.807, 2.05) is 0 Å². The summed E-state index contributed by atoms with van der Waals surface area (Å²) in [6.45, 7) is 4.21. The summed E-state index contributed by atoms with van der Waals surface area (Å²) in [7, 11) is 0. The van der Waals surface area contributed by atoms with Crippen LogP contribution in [0.3, 0.4) is 0 Å². The number of hydrogen-bond acceptors (Lipinski definition) is 5. The Morgan fingerprint density at radius 2 is 1.22 bits per heavy atom. The van der Waals surface area contributed by atoms with Gasteiger partial charge in [-0.1, -0.05) is 0 Å². The molecule has 0 N–H and O–H groups in total. The molecule has 18 heavy (non-hydrogen) atoms. The SMILES string of the molecule is C#CCCOCCOCCOCCOCCC=O. The Morgan fingerprint density at radius 3 is 1.67 bits per heavy atom. The van der Waals surface area contributed by atoms with Crippen LogP contribution in [0.1, 0.15) is 12.8 Å². The van der Waals surface area contributed by atoms with Gasteiger partial charge in [-0.15, -0.1) is 12.3 Å². The molecule has 0 aliphatic heterocycles. The minimum atomic E-state index is 0.433. The smallest absolute Gasteiger partial charge is 0.122 e. The highest BCUT2D eigenvalue weighted by molar-refractivity contribution is 5.49. The summed E-state index contributed by atoms with van der Waals surface area (Å²) < 4.78 is 20.8. The lowest BCUT2D eigenvalue weighted by molar-refractivity contribution is -0.108. The third-order valence-corrected chi connectivity index (χ3v) is 1.89. The van der Waals surface area contributed by atoms with Crippen molar-refractivity contribution in [2.24, 2.45) is 0 Å². The maximum atomic E-state index is 9.98. The maximum absolute atomic E-state index is 9.98. The molecule has 0 unspecified atom stereocenters. The van der Waals surface area contributed by atoms with E-state index in [1.165, 1.54) is 0 Å². The van der Waals surface area contributed by atoms with Crippen molar-refractivity contribution in [3.8, 4) is 12.3 Å². The fraction of sp³-hybridized carbons (Fsp3) is 0.769. The summed E-state index contributed by atoms with van der Waals surface area (Å²) in [5.74, 6) is 2.49. The first kappa shape index (κ1) is 17.1. The third kappa shape index (κ3) is 15.1. The van der Waals surface area contributed by atoms with Crippen LogP contribution < -0.4 is 0 Å². The minimum Gasteiger partial charge on any atom is -0.379 e. The molecule has 0 spiro atoms. The molecule has 0 bridgehead atoms. The van der Waals surface area contributed by atoms with Gasteiger partial charge in [-0.05, 0) is 0 Å². The Bertz CT molecular complexity index is 212. The van der Waals surface area contributed by atoms with Crippen LogP contribution in [0, 0.1) is 12.3 Å². The predicted octanol–water partition coefficient (Wildman–Crippen LogP) is 0.665. The molecule has 0 aliphatic rings. The number of rotatable bonds is 14. The zero-order valence-electron chi connectivity index (χ0n) is 10.8. The number of ether oxygens (including phenoxy) is 4. The van der Waals surface area contributed by atoms with E-state index >= 15 is 0 Å². The Kier molecular flexibility index (Phi) is 15.2. The summed E-state index contributed by atoms with van der Waals surface area (Å²) in [4.78, 5) is 9.98. The van der Waals surface area contributed by atoms with Gasteiger partial charge in [0.1, 0.15) is 6.29 Å². The van der Waals surface area contributed by atoms with Gasteiger partial charge in [-0.25, -0.2) is 0 Å². The molecule has 0 aromatic carbocycles. The zero-order valence-corrected chi connectivity index (χ0v) is 10.8. The van der Waals surface area contributed by atoms with Crippen molar-refractivity contribution in [1.29, 1.82) is 0 Å². The van der Waals surface area contributed by atoms with E-state index in [4.69, 9.17) is 25.4 Å². The van der Waals surface area contributed by atoms with Gasteiger partial charge in [0.2, 0.25) is 0 Å². The van der Waals surface area contributed by atoms with Gasteiger partial charge in [0, 0.05) is 12.8 Å². The molecule has 0 aromatic rings. The largest absolute Gasteiger partial charge is 0.379 e. The first-order valence-corrected chi connectivity index (χ1v) is 6.10. The molecule has 5 heteroatoms. The second-order valence-corrected chi connectivity index (χ2v) is 3.36. The predicted molar refractivity (Wildman–Crippen MR) is 67.4 cm³/mol. The molecule has 0 radical (unpaired) electrons. The zero-order chi connectivity index (χ0) is 13.3. The lowest BCUT2D eigenvalue weighted by Gasteiger charge is -2.06. The van der Waals surface area contributed by atoms with Crippen LogP contribution in [-0.2, 0) is 23.7 Å². The van der Waals surface area contributed by atoms with Crippen LogP contribution in [0.25, 0.3) is 0 Å². The first-order chi connectivity index (χ1) is 8.91. The van der Waals surface area contributed by atoms with Gasteiger partial charge in [0.15, 0.2) is 0 Å². The standard InChI is InChI=1S/C13H22O5/c1-2-3-6-15-8-10-17-12-13-18-11-9-16-7-4-5-14/h1,5H,3-4,6-13H2. The van der Waals surface area contributed by atoms with Gasteiger partial charge in [-0.3, -0.25) is 0 Å². The van der Waals surface area contributed by atoms with Crippen molar-refractivity contribution in [2.45, 2.75) is 12.8 Å². The topological polar surface area (TPSA) is 54.0 Å². The minimum absolute atomic E-state index is 0.433. The number of carbonyl (C=O) groups is 1. The van der Waals surface area contributed by atoms with Crippen molar-refractivity contribution in [2.75, 3.05) is 52.9 Å². The van der Waals surface area contributed by atoms with Crippen LogP contribution in [0.4, 0.5) is 0 Å². The Hall–Kier alpha value is -0.930. The summed E-state index contributed by atoms with van der Waals surface area (Å²) in [5, 5.41) is 0. The van der Waals surface area contributed by atoms with Gasteiger partial charge < -0.3 is 23.7 Å². The average molecular weight is 258 g/mol. The molecular formula is C13H22O5. The Labute approximate surface area is 109 Å². The van der Waals surface area contributed by atoms with E-state index in [2.05, 4.69) is 5.92 Å². The molecule has 5 nitrogen and oxygen atoms in total. The molecule has 0 atom stereocenters. The number of aldehydes is 1. The third-order valence-electron chi connectivity index (χ3n) is 1.89. The monoisotopic (exact) mass is 258 g/mol. The molecule has 0 fully saturated rings. The number of carbonyl (C=O) groups excluding carboxylic acids is 1. The van der Waals surface area contributed by atoms with Crippen LogP contribution in [0.2, 0.25) is 0 Å². The van der Waals surface area contributed by atoms with E-state index in [9.17, 15) is 4.79 Å². The summed E-state index contributed by atoms with van der Waals surface area (Å²) in [6.07, 6.45) is 6.97. The molecule has 0 heterocycles. The van der Waals surface area contributed by atoms with Gasteiger partial charge >= 0.3 is 0 Å². The highest BCUT2D eigenvalue weighted by Crippen LogP contribution is 1.84. The summed E-state index contributed by atoms with van der Waals surface area (Å²) in [5.41, 5.74) is 0. The molecule has 0 amide bonds. The Morgan fingerprint density at radius 1 is 0.778 bits per heavy atom. The molecule has 0 aromatic heterocycles. The fourth-order valence-corrected chi connectivity index (χ4v) is 1.02. The van der Waals surface area contributed by atoms with Crippen molar-refractivity contribution in [1.82, 2.24) is 0 Å². The second kappa shape index (κ2) is 16.1. The van der Waals surface area contributed by atoms with Crippen molar-refractivity contribution in [3.63, 3.8) is 0 Å². The van der Waals surface area contributed by atoms with Gasteiger partial charge in [0.05, 0.1) is 52.9 Å². The lowest BCUT2D eigenvalue weighted by Crippen LogP contribution is -2.12. The quantitative estimate of drug-likeness (QED) is 0.260.